The van der Waals surface area contributed by atoms with E-state index in [1.165, 1.54) is 0 Å². The molecule has 6 heteroatoms. The van der Waals surface area contributed by atoms with E-state index in [9.17, 15) is 9.59 Å². The first-order valence-corrected chi connectivity index (χ1v) is 11.0. The molecule has 2 aromatic heterocycles. The molecule has 0 saturated carbocycles. The molecule has 156 valence electrons. The van der Waals surface area contributed by atoms with Crippen molar-refractivity contribution in [1.29, 1.82) is 0 Å². The maximum atomic E-state index is 13.0. The molecule has 5 nitrogen and oxygen atoms in total. The summed E-state index contributed by atoms with van der Waals surface area (Å²) in [5.41, 5.74) is 2.39. The minimum Gasteiger partial charge on any atom is -0.488 e. The second-order valence-corrected chi connectivity index (χ2v) is 9.77. The van der Waals surface area contributed by atoms with E-state index in [1.807, 2.05) is 68.8 Å². The first kappa shape index (κ1) is 20.5. The molecular weight excluding hydrogens is 396 g/mol. The average Bonchev–Trinajstić information content (AvgIpc) is 3.29. The van der Waals surface area contributed by atoms with E-state index >= 15 is 0 Å². The SMILES string of the molecule is Cc1nc(CC(=O)C2CCC(=O)c3cccn32)sc1-c1ccc(OC(C)(C)C)cc1. The standard InChI is InChI=1S/C24H26N2O3S/c1-15-23(16-7-9-17(10-8-16)29-24(2,3)4)30-22(25-15)14-21(28)19-11-12-20(27)18-6-5-13-26(18)19/h5-10,13,19H,11-12,14H2,1-4H3. The first-order valence-electron chi connectivity index (χ1n) is 10.2. The van der Waals surface area contributed by atoms with Gasteiger partial charge in [0.15, 0.2) is 11.6 Å². The van der Waals surface area contributed by atoms with E-state index in [0.29, 0.717) is 18.5 Å². The summed E-state index contributed by atoms with van der Waals surface area (Å²) in [5, 5.41) is 0.813. The summed E-state index contributed by atoms with van der Waals surface area (Å²) >= 11 is 1.56. The zero-order valence-electron chi connectivity index (χ0n) is 17.8. The molecule has 3 heterocycles. The number of rotatable bonds is 5. The summed E-state index contributed by atoms with van der Waals surface area (Å²) in [6, 6.07) is 11.3. The van der Waals surface area contributed by atoms with E-state index < -0.39 is 0 Å². The second kappa shape index (κ2) is 7.84. The first-order chi connectivity index (χ1) is 14.2. The lowest BCUT2D eigenvalue weighted by Gasteiger charge is -2.24. The van der Waals surface area contributed by atoms with Gasteiger partial charge in [-0.1, -0.05) is 0 Å². The van der Waals surface area contributed by atoms with Crippen LogP contribution < -0.4 is 4.74 Å². The van der Waals surface area contributed by atoms with Crippen molar-refractivity contribution >= 4 is 22.9 Å². The molecule has 1 unspecified atom stereocenters. The van der Waals surface area contributed by atoms with Crippen LogP contribution in [0.2, 0.25) is 0 Å². The Morgan fingerprint density at radius 3 is 2.67 bits per heavy atom. The Kier molecular flexibility index (Phi) is 5.36. The fourth-order valence-electron chi connectivity index (χ4n) is 3.84. The Balaban J connectivity index is 1.50. The Labute approximate surface area is 180 Å². The van der Waals surface area contributed by atoms with Gasteiger partial charge in [0.25, 0.3) is 0 Å². The zero-order chi connectivity index (χ0) is 21.5. The highest BCUT2D eigenvalue weighted by molar-refractivity contribution is 7.15. The number of hydrogen-bond acceptors (Lipinski definition) is 5. The van der Waals surface area contributed by atoms with Gasteiger partial charge in [-0.2, -0.15) is 0 Å². The number of carbonyl (C=O) groups excluding carboxylic acids is 2. The summed E-state index contributed by atoms with van der Waals surface area (Å²) in [4.78, 5) is 30.7. The third-order valence-corrected chi connectivity index (χ3v) is 6.33. The van der Waals surface area contributed by atoms with Crippen LogP contribution in [0.5, 0.6) is 5.75 Å². The summed E-state index contributed by atoms with van der Waals surface area (Å²) in [7, 11) is 0. The van der Waals surface area contributed by atoms with Crippen molar-refractivity contribution < 1.29 is 14.3 Å². The number of benzene rings is 1. The molecule has 30 heavy (non-hydrogen) atoms. The fourth-order valence-corrected chi connectivity index (χ4v) is 4.92. The lowest BCUT2D eigenvalue weighted by Crippen LogP contribution is -2.28. The number of hydrogen-bond donors (Lipinski definition) is 0. The van der Waals surface area contributed by atoms with Crippen LogP contribution in [0.25, 0.3) is 10.4 Å². The lowest BCUT2D eigenvalue weighted by atomic mass is 9.97. The van der Waals surface area contributed by atoms with Crippen molar-refractivity contribution in [2.75, 3.05) is 0 Å². The van der Waals surface area contributed by atoms with Crippen LogP contribution in [0, 0.1) is 6.92 Å². The van der Waals surface area contributed by atoms with Crippen molar-refractivity contribution in [3.8, 4) is 16.2 Å². The molecule has 1 aromatic carbocycles. The van der Waals surface area contributed by atoms with Gasteiger partial charge in [0, 0.05) is 12.6 Å². The van der Waals surface area contributed by atoms with E-state index in [4.69, 9.17) is 4.74 Å². The quantitative estimate of drug-likeness (QED) is 0.550. The molecule has 0 amide bonds. The fraction of sp³-hybridized carbons (Fsp3) is 0.375. The van der Waals surface area contributed by atoms with Crippen LogP contribution in [-0.4, -0.2) is 26.7 Å². The van der Waals surface area contributed by atoms with Crippen molar-refractivity contribution in [2.45, 2.75) is 58.6 Å². The van der Waals surface area contributed by atoms with E-state index in [1.54, 1.807) is 17.4 Å². The van der Waals surface area contributed by atoms with Crippen LogP contribution in [0.3, 0.4) is 0 Å². The predicted octanol–water partition coefficient (Wildman–Crippen LogP) is 5.43. The van der Waals surface area contributed by atoms with Gasteiger partial charge in [-0.3, -0.25) is 9.59 Å². The molecule has 3 aromatic rings. The van der Waals surface area contributed by atoms with Crippen LogP contribution in [0.15, 0.2) is 42.6 Å². The molecule has 0 bridgehead atoms. The maximum Gasteiger partial charge on any atom is 0.179 e. The van der Waals surface area contributed by atoms with Crippen LogP contribution in [0.4, 0.5) is 0 Å². The topological polar surface area (TPSA) is 61.2 Å². The normalized spacial score (nSPS) is 16.4. The second-order valence-electron chi connectivity index (χ2n) is 8.68. The maximum absolute atomic E-state index is 13.0. The lowest BCUT2D eigenvalue weighted by molar-refractivity contribution is -0.121. The molecule has 0 aliphatic carbocycles. The van der Waals surface area contributed by atoms with Crippen molar-refractivity contribution in [2.24, 2.45) is 0 Å². The molecule has 1 atom stereocenters. The van der Waals surface area contributed by atoms with Crippen LogP contribution >= 0.6 is 11.3 Å². The molecule has 1 aliphatic rings. The molecule has 1 aliphatic heterocycles. The average molecular weight is 423 g/mol. The Morgan fingerprint density at radius 1 is 1.23 bits per heavy atom. The van der Waals surface area contributed by atoms with Gasteiger partial charge in [-0.05, 0) is 76.1 Å². The molecule has 0 fully saturated rings. The molecule has 0 saturated heterocycles. The Bertz CT molecular complexity index is 1090. The van der Waals surface area contributed by atoms with Crippen LogP contribution in [0.1, 0.15) is 60.8 Å². The highest BCUT2D eigenvalue weighted by Gasteiger charge is 2.30. The highest BCUT2D eigenvalue weighted by atomic mass is 32.1. The Morgan fingerprint density at radius 2 is 1.97 bits per heavy atom. The number of aryl methyl sites for hydroxylation is 1. The van der Waals surface area contributed by atoms with Gasteiger partial charge >= 0.3 is 0 Å². The number of ketones is 2. The number of fused-ring (bicyclic) bond motifs is 1. The molecule has 0 spiro atoms. The van der Waals surface area contributed by atoms with E-state index in [-0.39, 0.29) is 29.6 Å². The molecule has 4 rings (SSSR count). The van der Waals surface area contributed by atoms with Crippen molar-refractivity contribution in [1.82, 2.24) is 9.55 Å². The number of Topliss-reactive ketones (excluding diaryl/α,β-unsaturated/α-hetero) is 2. The monoisotopic (exact) mass is 422 g/mol. The minimum atomic E-state index is -0.283. The van der Waals surface area contributed by atoms with Crippen LogP contribution in [-0.2, 0) is 11.2 Å². The number of thiazole rings is 1. The van der Waals surface area contributed by atoms with Gasteiger partial charge in [0.05, 0.1) is 28.7 Å². The summed E-state index contributed by atoms with van der Waals surface area (Å²) in [6.45, 7) is 8.05. The van der Waals surface area contributed by atoms with Gasteiger partial charge in [0.2, 0.25) is 0 Å². The largest absolute Gasteiger partial charge is 0.488 e. The zero-order valence-corrected chi connectivity index (χ0v) is 18.6. The number of ether oxygens (including phenoxy) is 1. The summed E-state index contributed by atoms with van der Waals surface area (Å²) < 4.78 is 7.72. The number of nitrogens with zero attached hydrogens (tertiary/aromatic N) is 2. The number of carbonyl (C=O) groups is 2. The van der Waals surface area contributed by atoms with Gasteiger partial charge in [-0.25, -0.2) is 4.98 Å². The van der Waals surface area contributed by atoms with Crippen molar-refractivity contribution in [3.63, 3.8) is 0 Å². The Hall–Kier alpha value is -2.73. The van der Waals surface area contributed by atoms with Gasteiger partial charge in [-0.15, -0.1) is 11.3 Å². The summed E-state index contributed by atoms with van der Waals surface area (Å²) in [6.07, 6.45) is 3.10. The molecule has 0 radical (unpaired) electrons. The highest BCUT2D eigenvalue weighted by Crippen LogP contribution is 2.33. The third kappa shape index (κ3) is 4.24. The molecule has 0 N–H and O–H groups in total. The summed E-state index contributed by atoms with van der Waals surface area (Å²) in [5.74, 6) is 1.04. The minimum absolute atomic E-state index is 0.106. The predicted molar refractivity (Wildman–Crippen MR) is 118 cm³/mol. The smallest absolute Gasteiger partial charge is 0.179 e. The van der Waals surface area contributed by atoms with Crippen molar-refractivity contribution in [3.05, 3.63) is 59.0 Å². The third-order valence-electron chi connectivity index (χ3n) is 5.12. The molecular formula is C24H26N2O3S. The number of aromatic nitrogens is 2. The van der Waals surface area contributed by atoms with E-state index in [0.717, 1.165) is 26.9 Å². The van der Waals surface area contributed by atoms with Gasteiger partial charge in [0.1, 0.15) is 16.4 Å². The van der Waals surface area contributed by atoms with Gasteiger partial charge < -0.3 is 9.30 Å². The van der Waals surface area contributed by atoms with E-state index in [2.05, 4.69) is 4.98 Å².